The van der Waals surface area contributed by atoms with E-state index >= 15 is 0 Å². The minimum absolute atomic E-state index is 0.188. The van der Waals surface area contributed by atoms with E-state index in [-0.39, 0.29) is 57.1 Å². The molecule has 0 saturated carbocycles. The Morgan fingerprint density at radius 2 is 1.58 bits per heavy atom. The van der Waals surface area contributed by atoms with Crippen LogP contribution in [0.25, 0.3) is 11.1 Å². The molecule has 12 nitrogen and oxygen atoms in total. The third-order valence-corrected chi connectivity index (χ3v) is 11.5. The van der Waals surface area contributed by atoms with E-state index in [1.165, 1.54) is 44.6 Å². The first-order chi connectivity index (χ1) is 28.7. The number of Topliss-reactive ketones (excluding diaryl/α,β-unsaturated/α-hetero) is 3. The van der Waals surface area contributed by atoms with Crippen molar-refractivity contribution >= 4 is 29.2 Å². The molecule has 1 aliphatic heterocycles. The first-order valence-corrected chi connectivity index (χ1v) is 21.5. The largest absolute Gasteiger partial charge is 0.492 e. The van der Waals surface area contributed by atoms with Gasteiger partial charge < -0.3 is 36.3 Å². The number of nitrogens with one attached hydrogen (secondary N) is 1. The van der Waals surface area contributed by atoms with Crippen LogP contribution in [0.5, 0.6) is 11.5 Å². The number of carbonyl (C=O) groups is 5. The average molecular weight is 827 g/mol. The smallest absolute Gasteiger partial charge is 0.229 e. The maximum absolute atomic E-state index is 14.5. The maximum Gasteiger partial charge on any atom is 0.229 e. The van der Waals surface area contributed by atoms with E-state index in [9.17, 15) is 29.1 Å². The predicted octanol–water partition coefficient (Wildman–Crippen LogP) is 6.09. The summed E-state index contributed by atoms with van der Waals surface area (Å²) in [4.78, 5) is 70.3. The van der Waals surface area contributed by atoms with Gasteiger partial charge in [0.2, 0.25) is 11.8 Å². The zero-order chi connectivity index (χ0) is 43.9. The van der Waals surface area contributed by atoms with Crippen molar-refractivity contribution in [1.82, 2.24) is 10.2 Å². The van der Waals surface area contributed by atoms with Crippen LogP contribution >= 0.6 is 0 Å². The van der Waals surface area contributed by atoms with E-state index < -0.39 is 48.1 Å². The number of likely N-dealkylation sites (N-methyl/N-ethyl adjacent to an activating group) is 1. The molecule has 0 radical (unpaired) electrons. The number of amides is 2. The van der Waals surface area contributed by atoms with Crippen LogP contribution < -0.4 is 26.3 Å². The van der Waals surface area contributed by atoms with E-state index in [4.69, 9.17) is 20.9 Å². The van der Waals surface area contributed by atoms with E-state index in [1.54, 1.807) is 37.3 Å². The third kappa shape index (κ3) is 12.8. The summed E-state index contributed by atoms with van der Waals surface area (Å²) in [6, 6.07) is 14.3. The van der Waals surface area contributed by atoms with Gasteiger partial charge in [0, 0.05) is 55.6 Å². The Morgan fingerprint density at radius 1 is 0.917 bits per heavy atom. The van der Waals surface area contributed by atoms with Gasteiger partial charge in [-0.2, -0.15) is 0 Å². The Balaban J connectivity index is 1.72. The number of aliphatic hydroxyl groups excluding tert-OH is 1. The highest BCUT2D eigenvalue weighted by molar-refractivity contribution is 6.01. The molecule has 1 unspecified atom stereocenters. The van der Waals surface area contributed by atoms with Crippen molar-refractivity contribution < 1.29 is 38.6 Å². The SMILES string of the molecule is CCCCCC(C)CCc1ccc(C(=O)C[C@@H](CO)C(=O)N(C)[C@@H]2C(=O)C[C@@H](C)C(=O)N[C@H](C(C)=O)Cc3ccc(OCCN)c(c3)-c3cc2ccc3OCCN)c(C)c1. The van der Waals surface area contributed by atoms with E-state index in [1.807, 2.05) is 31.2 Å². The molecule has 326 valence electrons. The number of nitrogens with zero attached hydrogens (tertiary/aromatic N) is 1. The van der Waals surface area contributed by atoms with Crippen molar-refractivity contribution in [1.29, 1.82) is 0 Å². The summed E-state index contributed by atoms with van der Waals surface area (Å²) in [6.45, 7) is 9.62. The molecule has 0 spiro atoms. The van der Waals surface area contributed by atoms with Crippen molar-refractivity contribution in [3.8, 4) is 22.6 Å². The lowest BCUT2D eigenvalue weighted by atomic mass is 9.88. The molecule has 0 fully saturated rings. The van der Waals surface area contributed by atoms with Gasteiger partial charge in [0.25, 0.3) is 0 Å². The summed E-state index contributed by atoms with van der Waals surface area (Å²) in [5.41, 5.74) is 16.3. The topological polar surface area (TPSA) is 191 Å². The molecule has 6 N–H and O–H groups in total. The van der Waals surface area contributed by atoms with Gasteiger partial charge >= 0.3 is 0 Å². The van der Waals surface area contributed by atoms with Gasteiger partial charge in [-0.15, -0.1) is 0 Å². The normalized spacial score (nSPS) is 17.9. The molecule has 0 saturated heterocycles. The Hall–Kier alpha value is -4.91. The first kappa shape index (κ1) is 47.8. The number of ketones is 3. The molecule has 4 rings (SSSR count). The van der Waals surface area contributed by atoms with Crippen LogP contribution in [0.15, 0.2) is 54.6 Å². The van der Waals surface area contributed by atoms with Crippen molar-refractivity contribution in [2.45, 2.75) is 104 Å². The van der Waals surface area contributed by atoms with Gasteiger partial charge in [0.15, 0.2) is 17.3 Å². The lowest BCUT2D eigenvalue weighted by Gasteiger charge is -2.32. The molecule has 4 bridgehead atoms. The monoisotopic (exact) mass is 826 g/mol. The van der Waals surface area contributed by atoms with Gasteiger partial charge in [-0.1, -0.05) is 76.8 Å². The fourth-order valence-electron chi connectivity index (χ4n) is 7.88. The number of nitrogens with two attached hydrogens (primary N) is 2. The van der Waals surface area contributed by atoms with Crippen LogP contribution in [0.3, 0.4) is 0 Å². The number of aliphatic hydroxyl groups is 1. The standard InChI is InChI=1S/C48H66N4O8/c1-7-8-9-10-30(2)11-12-34-13-16-38(31(3)23-34)42(55)28-37(29-53)48(58)52(6)46-36-15-18-45(60-22-20-50)40(27-36)39-25-35(14-17-44(39)59-21-19-49)26-41(33(5)54)51-47(57)32(4)24-43(46)56/h13-18,23,25,27,30,32,37,41,46,53H,7-12,19-22,24,26,28-29,49-50H2,1-6H3,(H,51,57)/t30?,32-,37+,41+,46+/m1/s1. The number of rotatable bonds is 20. The lowest BCUT2D eigenvalue weighted by molar-refractivity contribution is -0.143. The lowest BCUT2D eigenvalue weighted by Crippen LogP contribution is -2.45. The second-order valence-electron chi connectivity index (χ2n) is 16.5. The Labute approximate surface area is 355 Å². The fraction of sp³-hybridized carbons (Fsp3) is 0.521. The summed E-state index contributed by atoms with van der Waals surface area (Å²) < 4.78 is 12.2. The molecule has 2 amide bonds. The molecule has 0 aromatic heterocycles. The zero-order valence-corrected chi connectivity index (χ0v) is 36.4. The van der Waals surface area contributed by atoms with E-state index in [0.717, 1.165) is 29.5 Å². The predicted molar refractivity (Wildman–Crippen MR) is 234 cm³/mol. The van der Waals surface area contributed by atoms with Crippen LogP contribution in [0.2, 0.25) is 0 Å². The summed E-state index contributed by atoms with van der Waals surface area (Å²) >= 11 is 0. The van der Waals surface area contributed by atoms with E-state index in [2.05, 4.69) is 19.2 Å². The van der Waals surface area contributed by atoms with Gasteiger partial charge in [-0.3, -0.25) is 24.0 Å². The molecule has 60 heavy (non-hydrogen) atoms. The Kier molecular flexibility index (Phi) is 18.5. The van der Waals surface area contributed by atoms with Crippen molar-refractivity contribution in [3.63, 3.8) is 0 Å². The molecule has 0 aliphatic carbocycles. The number of unbranched alkanes of at least 4 members (excludes halogenated alkanes) is 2. The van der Waals surface area contributed by atoms with Crippen LogP contribution in [0, 0.1) is 24.7 Å². The second kappa shape index (κ2) is 23.2. The Bertz CT molecular complexity index is 1960. The highest BCUT2D eigenvalue weighted by Gasteiger charge is 2.36. The van der Waals surface area contributed by atoms with E-state index in [0.29, 0.717) is 39.7 Å². The molecule has 3 aromatic carbocycles. The third-order valence-electron chi connectivity index (χ3n) is 11.5. The molecule has 3 aromatic rings. The maximum atomic E-state index is 14.5. The van der Waals surface area contributed by atoms with Gasteiger partial charge in [-0.25, -0.2) is 0 Å². The quantitative estimate of drug-likeness (QED) is 0.0766. The van der Waals surface area contributed by atoms with Gasteiger partial charge in [0.05, 0.1) is 18.6 Å². The number of fused-ring (bicyclic) bond motifs is 5. The molecular weight excluding hydrogens is 761 g/mol. The van der Waals surface area contributed by atoms with Gasteiger partial charge in [0.1, 0.15) is 30.8 Å². The fourth-order valence-corrected chi connectivity index (χ4v) is 7.88. The highest BCUT2D eigenvalue weighted by Crippen LogP contribution is 2.41. The Morgan fingerprint density at radius 3 is 2.20 bits per heavy atom. The number of benzene rings is 3. The molecule has 12 heteroatoms. The minimum Gasteiger partial charge on any atom is -0.492 e. The number of hydrogen-bond donors (Lipinski definition) is 4. The summed E-state index contributed by atoms with van der Waals surface area (Å²) in [5.74, 6) is -2.56. The highest BCUT2D eigenvalue weighted by atomic mass is 16.5. The van der Waals surface area contributed by atoms with Crippen molar-refractivity contribution in [2.75, 3.05) is 40.0 Å². The molecule has 1 aliphatic rings. The summed E-state index contributed by atoms with van der Waals surface area (Å²) in [7, 11) is 1.47. The molecular formula is C48H66N4O8. The first-order valence-electron chi connectivity index (χ1n) is 21.5. The molecule has 5 atom stereocenters. The average Bonchev–Trinajstić information content (AvgIpc) is 3.22. The summed E-state index contributed by atoms with van der Waals surface area (Å²) in [6.07, 6.45) is 6.50. The number of hydrogen-bond acceptors (Lipinski definition) is 10. The number of carbonyl (C=O) groups excluding carboxylic acids is 5. The number of aryl methyl sites for hydroxylation is 2. The zero-order valence-electron chi connectivity index (χ0n) is 36.4. The van der Waals surface area contributed by atoms with Crippen LogP contribution in [-0.2, 0) is 32.0 Å². The van der Waals surface area contributed by atoms with Crippen LogP contribution in [0.4, 0.5) is 0 Å². The van der Waals surface area contributed by atoms with Crippen LogP contribution in [-0.4, -0.2) is 85.2 Å². The minimum atomic E-state index is -1.23. The second-order valence-corrected chi connectivity index (χ2v) is 16.5. The van der Waals surface area contributed by atoms with Crippen LogP contribution in [0.1, 0.15) is 111 Å². The van der Waals surface area contributed by atoms with Crippen molar-refractivity contribution in [3.05, 3.63) is 82.4 Å². The summed E-state index contributed by atoms with van der Waals surface area (Å²) in [5, 5.41) is 13.4. The molecule has 1 heterocycles. The van der Waals surface area contributed by atoms with Gasteiger partial charge in [-0.05, 0) is 85.5 Å². The number of ether oxygens (including phenoxy) is 2. The van der Waals surface area contributed by atoms with Crippen molar-refractivity contribution in [2.24, 2.45) is 29.2 Å².